The number of ether oxygens (including phenoxy) is 1. The highest BCUT2D eigenvalue weighted by Crippen LogP contribution is 2.06. The number of esters is 1. The Morgan fingerprint density at radius 1 is 1.21 bits per heavy atom. The van der Waals surface area contributed by atoms with Crippen LogP contribution < -0.4 is 5.32 Å². The van der Waals surface area contributed by atoms with Gasteiger partial charge in [-0.15, -0.1) is 0 Å². The number of benzene rings is 1. The maximum absolute atomic E-state index is 12.6. The van der Waals surface area contributed by atoms with E-state index in [1.807, 2.05) is 30.3 Å². The van der Waals surface area contributed by atoms with Gasteiger partial charge in [0.2, 0.25) is 5.91 Å². The van der Waals surface area contributed by atoms with Crippen LogP contribution in [0.5, 0.6) is 0 Å². The molecule has 29 heavy (non-hydrogen) atoms. The number of aromatic amines is 1. The molecule has 1 heterocycles. The number of carbonyl (C=O) groups is 3. The molecule has 1 unspecified atom stereocenters. The molecule has 3 N–H and O–H groups in total. The molecule has 0 fully saturated rings. The monoisotopic (exact) mass is 402 g/mol. The van der Waals surface area contributed by atoms with Crippen LogP contribution in [-0.4, -0.2) is 63.1 Å². The fourth-order valence-corrected chi connectivity index (χ4v) is 2.77. The molecule has 9 heteroatoms. The predicted molar refractivity (Wildman–Crippen MR) is 105 cm³/mol. The molecule has 1 aromatic carbocycles. The van der Waals surface area contributed by atoms with Crippen molar-refractivity contribution in [2.45, 2.75) is 39.0 Å². The first-order chi connectivity index (χ1) is 13.8. The van der Waals surface area contributed by atoms with Gasteiger partial charge in [0, 0.05) is 24.9 Å². The Labute approximate surface area is 169 Å². The second-order valence-corrected chi connectivity index (χ2v) is 6.91. The molecular weight excluding hydrogens is 376 g/mol. The van der Waals surface area contributed by atoms with E-state index in [0.29, 0.717) is 12.2 Å². The zero-order chi connectivity index (χ0) is 21.2. The van der Waals surface area contributed by atoms with Gasteiger partial charge < -0.3 is 20.1 Å². The Morgan fingerprint density at radius 3 is 2.52 bits per heavy atom. The number of amides is 1. The van der Waals surface area contributed by atoms with Crippen LogP contribution in [0.1, 0.15) is 25.1 Å². The third-order valence-corrected chi connectivity index (χ3v) is 3.93. The minimum atomic E-state index is -1.04. The number of hydrogen-bond acceptors (Lipinski definition) is 6. The lowest BCUT2D eigenvalue weighted by Gasteiger charge is -2.23. The number of hydrogen-bond donors (Lipinski definition) is 3. The zero-order valence-electron chi connectivity index (χ0n) is 16.5. The fourth-order valence-electron chi connectivity index (χ4n) is 2.77. The van der Waals surface area contributed by atoms with Crippen LogP contribution in [-0.2, 0) is 32.1 Å². The van der Waals surface area contributed by atoms with Gasteiger partial charge in [0.1, 0.15) is 6.04 Å². The number of aromatic nitrogens is 2. The first-order valence-electron chi connectivity index (χ1n) is 9.28. The molecule has 156 valence electrons. The number of aliphatic carboxylic acids is 1. The van der Waals surface area contributed by atoms with E-state index in [9.17, 15) is 14.4 Å². The van der Waals surface area contributed by atoms with Crippen molar-refractivity contribution in [2.75, 3.05) is 13.1 Å². The summed E-state index contributed by atoms with van der Waals surface area (Å²) in [7, 11) is 0. The summed E-state index contributed by atoms with van der Waals surface area (Å²) < 4.78 is 5.23. The van der Waals surface area contributed by atoms with E-state index in [2.05, 4.69) is 15.3 Å². The van der Waals surface area contributed by atoms with Gasteiger partial charge in [-0.05, 0) is 19.4 Å². The number of rotatable bonds is 11. The van der Waals surface area contributed by atoms with Gasteiger partial charge in [-0.25, -0.2) is 9.78 Å². The first kappa shape index (κ1) is 22.1. The number of H-pyrrole nitrogens is 1. The number of nitrogens with one attached hydrogen (secondary N) is 2. The van der Waals surface area contributed by atoms with Gasteiger partial charge in [-0.1, -0.05) is 30.3 Å². The lowest BCUT2D eigenvalue weighted by Crippen LogP contribution is -2.48. The van der Waals surface area contributed by atoms with Gasteiger partial charge in [0.05, 0.1) is 25.5 Å². The van der Waals surface area contributed by atoms with E-state index in [1.54, 1.807) is 20.0 Å². The molecule has 0 bridgehead atoms. The fraction of sp³-hybridized carbons (Fsp3) is 0.400. The SMILES string of the molecule is CC(C)OC(=O)C(Cc1cnc[nH]1)NC(=O)CN(CC(=O)O)Cc1ccccc1. The Balaban J connectivity index is 2.04. The van der Waals surface area contributed by atoms with Crippen LogP contribution in [0.15, 0.2) is 42.9 Å². The van der Waals surface area contributed by atoms with Crippen molar-refractivity contribution in [1.29, 1.82) is 0 Å². The quantitative estimate of drug-likeness (QED) is 0.479. The summed E-state index contributed by atoms with van der Waals surface area (Å²) in [5.74, 6) is -2.06. The summed E-state index contributed by atoms with van der Waals surface area (Å²) in [6, 6.07) is 8.35. The average molecular weight is 402 g/mol. The standard InChI is InChI=1S/C20H26N4O5/c1-14(2)29-20(28)17(8-16-9-21-13-22-16)23-18(25)11-24(12-19(26)27)10-15-6-4-3-5-7-15/h3-7,9,13-14,17H,8,10-12H2,1-2H3,(H,21,22)(H,23,25)(H,26,27). The van der Waals surface area contributed by atoms with Crippen LogP contribution in [0.25, 0.3) is 0 Å². The van der Waals surface area contributed by atoms with Gasteiger partial charge in [-0.3, -0.25) is 14.5 Å². The van der Waals surface area contributed by atoms with Gasteiger partial charge in [-0.2, -0.15) is 0 Å². The Morgan fingerprint density at radius 2 is 1.93 bits per heavy atom. The number of carboxylic acids is 1. The van der Waals surface area contributed by atoms with Crippen LogP contribution in [0, 0.1) is 0 Å². The molecular formula is C20H26N4O5. The highest BCUT2D eigenvalue weighted by Gasteiger charge is 2.25. The van der Waals surface area contributed by atoms with Gasteiger partial charge in [0.25, 0.3) is 0 Å². The summed E-state index contributed by atoms with van der Waals surface area (Å²) in [6.07, 6.45) is 2.91. The lowest BCUT2D eigenvalue weighted by molar-refractivity contribution is -0.151. The second-order valence-electron chi connectivity index (χ2n) is 6.91. The van der Waals surface area contributed by atoms with E-state index in [1.165, 1.54) is 11.2 Å². The van der Waals surface area contributed by atoms with E-state index < -0.39 is 23.9 Å². The first-order valence-corrected chi connectivity index (χ1v) is 9.28. The second kappa shape index (κ2) is 11.0. The largest absolute Gasteiger partial charge is 0.480 e. The Bertz CT molecular complexity index is 792. The molecule has 0 saturated heterocycles. The molecule has 9 nitrogen and oxygen atoms in total. The predicted octanol–water partition coefficient (Wildman–Crippen LogP) is 0.975. The van der Waals surface area contributed by atoms with Crippen molar-refractivity contribution in [3.8, 4) is 0 Å². The molecule has 0 spiro atoms. The van der Waals surface area contributed by atoms with E-state index in [-0.39, 0.29) is 25.6 Å². The number of carbonyl (C=O) groups excluding carboxylic acids is 2. The topological polar surface area (TPSA) is 125 Å². The third-order valence-electron chi connectivity index (χ3n) is 3.93. The van der Waals surface area contributed by atoms with E-state index in [4.69, 9.17) is 9.84 Å². The highest BCUT2D eigenvalue weighted by molar-refractivity contribution is 5.86. The molecule has 0 aliphatic carbocycles. The van der Waals surface area contributed by atoms with Crippen LogP contribution in [0.4, 0.5) is 0 Å². The molecule has 2 aromatic rings. The number of nitrogens with zero attached hydrogens (tertiary/aromatic N) is 2. The molecule has 0 aliphatic rings. The maximum Gasteiger partial charge on any atom is 0.329 e. The van der Waals surface area contributed by atoms with Crippen molar-refractivity contribution in [1.82, 2.24) is 20.2 Å². The summed E-state index contributed by atoms with van der Waals surface area (Å²) >= 11 is 0. The van der Waals surface area contributed by atoms with Crippen molar-refractivity contribution >= 4 is 17.8 Å². The number of imidazole rings is 1. The van der Waals surface area contributed by atoms with Crippen molar-refractivity contribution < 1.29 is 24.2 Å². The smallest absolute Gasteiger partial charge is 0.329 e. The summed E-state index contributed by atoms with van der Waals surface area (Å²) in [5.41, 5.74) is 1.55. The van der Waals surface area contributed by atoms with Crippen molar-refractivity contribution in [2.24, 2.45) is 0 Å². The van der Waals surface area contributed by atoms with Gasteiger partial charge >= 0.3 is 11.9 Å². The number of carboxylic acid groups (broad SMARTS) is 1. The molecule has 1 amide bonds. The van der Waals surface area contributed by atoms with Gasteiger partial charge in [0.15, 0.2) is 0 Å². The highest BCUT2D eigenvalue weighted by atomic mass is 16.5. The molecule has 0 aliphatic heterocycles. The summed E-state index contributed by atoms with van der Waals surface area (Å²) in [5, 5.41) is 11.8. The minimum absolute atomic E-state index is 0.171. The molecule has 1 aromatic heterocycles. The van der Waals surface area contributed by atoms with Crippen LogP contribution in [0.3, 0.4) is 0 Å². The third kappa shape index (κ3) is 8.14. The van der Waals surface area contributed by atoms with E-state index in [0.717, 1.165) is 5.56 Å². The minimum Gasteiger partial charge on any atom is -0.480 e. The van der Waals surface area contributed by atoms with Crippen molar-refractivity contribution in [3.63, 3.8) is 0 Å². The summed E-state index contributed by atoms with van der Waals surface area (Å²) in [4.78, 5) is 44.4. The molecule has 1 atom stereocenters. The van der Waals surface area contributed by atoms with Crippen LogP contribution >= 0.6 is 0 Å². The van der Waals surface area contributed by atoms with E-state index >= 15 is 0 Å². The van der Waals surface area contributed by atoms with Crippen LogP contribution in [0.2, 0.25) is 0 Å². The molecule has 0 saturated carbocycles. The zero-order valence-corrected chi connectivity index (χ0v) is 16.5. The molecule has 2 rings (SSSR count). The Hall–Kier alpha value is -3.20. The van der Waals surface area contributed by atoms with Crippen molar-refractivity contribution in [3.05, 3.63) is 54.1 Å². The molecule has 0 radical (unpaired) electrons. The maximum atomic E-state index is 12.6. The Kier molecular flexibility index (Phi) is 8.35. The average Bonchev–Trinajstić information content (AvgIpc) is 3.14. The summed E-state index contributed by atoms with van der Waals surface area (Å²) in [6.45, 7) is 3.27. The normalized spacial score (nSPS) is 12.0. The lowest BCUT2D eigenvalue weighted by atomic mass is 10.1.